The van der Waals surface area contributed by atoms with Gasteiger partial charge in [0.2, 0.25) is 0 Å². The first-order valence-corrected chi connectivity index (χ1v) is 7.68. The van der Waals surface area contributed by atoms with Gasteiger partial charge < -0.3 is 20.1 Å². The topological polar surface area (TPSA) is 59.6 Å². The number of carbonyl (C=O) groups excluding carboxylic acids is 1. The molecule has 0 aliphatic heterocycles. The highest BCUT2D eigenvalue weighted by Gasteiger charge is 2.12. The van der Waals surface area contributed by atoms with E-state index in [0.717, 1.165) is 5.75 Å². The van der Waals surface area contributed by atoms with Crippen LogP contribution >= 0.6 is 0 Å². The molecule has 0 radical (unpaired) electrons. The van der Waals surface area contributed by atoms with Gasteiger partial charge in [-0.3, -0.25) is 0 Å². The molecule has 2 aromatic rings. The third-order valence-electron chi connectivity index (χ3n) is 3.38. The van der Waals surface area contributed by atoms with E-state index >= 15 is 0 Å². The Morgan fingerprint density at radius 2 is 1.96 bits per heavy atom. The molecular weight excluding hydrogens is 311 g/mol. The molecule has 0 aromatic heterocycles. The second kappa shape index (κ2) is 8.88. The summed E-state index contributed by atoms with van der Waals surface area (Å²) in [5, 5.41) is 5.43. The maximum absolute atomic E-state index is 13.3. The monoisotopic (exact) mass is 332 g/mol. The summed E-state index contributed by atoms with van der Waals surface area (Å²) in [5.74, 6) is 0.405. The minimum atomic E-state index is -0.424. The van der Waals surface area contributed by atoms with Crippen LogP contribution in [-0.2, 0) is 4.74 Å². The lowest BCUT2D eigenvalue weighted by molar-refractivity contribution is 0.104. The molecule has 2 aromatic carbocycles. The molecule has 0 spiro atoms. The van der Waals surface area contributed by atoms with Crippen molar-refractivity contribution in [1.29, 1.82) is 0 Å². The second-order valence-corrected chi connectivity index (χ2v) is 5.07. The van der Waals surface area contributed by atoms with E-state index in [-0.39, 0.29) is 18.4 Å². The quantitative estimate of drug-likeness (QED) is 0.812. The van der Waals surface area contributed by atoms with Crippen LogP contribution in [0.4, 0.5) is 14.9 Å². The average Bonchev–Trinajstić information content (AvgIpc) is 2.57. The third kappa shape index (κ3) is 5.24. The molecule has 1 unspecified atom stereocenters. The predicted molar refractivity (Wildman–Crippen MR) is 90.8 cm³/mol. The van der Waals surface area contributed by atoms with Crippen LogP contribution in [0.3, 0.4) is 0 Å². The van der Waals surface area contributed by atoms with Crippen molar-refractivity contribution < 1.29 is 18.7 Å². The van der Waals surface area contributed by atoms with Crippen molar-refractivity contribution in [1.82, 2.24) is 5.32 Å². The number of nitrogens with one attached hydrogen (secondary N) is 2. The van der Waals surface area contributed by atoms with E-state index in [9.17, 15) is 9.18 Å². The molecule has 0 aliphatic carbocycles. The normalized spacial score (nSPS) is 11.6. The van der Waals surface area contributed by atoms with Gasteiger partial charge in [-0.1, -0.05) is 12.1 Å². The molecule has 128 valence electrons. The summed E-state index contributed by atoms with van der Waals surface area (Å²) in [6, 6.07) is 12.8. The van der Waals surface area contributed by atoms with Crippen molar-refractivity contribution in [2.45, 2.75) is 13.0 Å². The second-order valence-electron chi connectivity index (χ2n) is 5.07. The Balaban J connectivity index is 1.87. The minimum Gasteiger partial charge on any atom is -0.494 e. The molecule has 5 nitrogen and oxygen atoms in total. The smallest absolute Gasteiger partial charge is 0.319 e. The van der Waals surface area contributed by atoms with Gasteiger partial charge in [0.1, 0.15) is 11.6 Å². The molecule has 6 heteroatoms. The summed E-state index contributed by atoms with van der Waals surface area (Å²) >= 11 is 0. The number of benzene rings is 2. The minimum absolute atomic E-state index is 0.225. The number of anilines is 1. The SMILES string of the molecule is CCOc1ccc(NC(=O)NCC(OC)c2cccc(F)c2)cc1. The first-order valence-electron chi connectivity index (χ1n) is 7.68. The Hall–Kier alpha value is -2.60. The van der Waals surface area contributed by atoms with Crippen LogP contribution in [0.1, 0.15) is 18.6 Å². The van der Waals surface area contributed by atoms with Gasteiger partial charge in [0.25, 0.3) is 0 Å². The zero-order chi connectivity index (χ0) is 17.4. The maximum Gasteiger partial charge on any atom is 0.319 e. The van der Waals surface area contributed by atoms with E-state index in [4.69, 9.17) is 9.47 Å². The Kier molecular flexibility index (Phi) is 6.57. The Morgan fingerprint density at radius 1 is 1.21 bits per heavy atom. The number of methoxy groups -OCH3 is 1. The van der Waals surface area contributed by atoms with E-state index in [1.54, 1.807) is 36.4 Å². The van der Waals surface area contributed by atoms with Gasteiger partial charge in [-0.25, -0.2) is 9.18 Å². The van der Waals surface area contributed by atoms with Crippen LogP contribution in [0.25, 0.3) is 0 Å². The molecule has 0 aliphatic rings. The van der Waals surface area contributed by atoms with Gasteiger partial charge in [0, 0.05) is 19.3 Å². The zero-order valence-corrected chi connectivity index (χ0v) is 13.7. The van der Waals surface area contributed by atoms with Gasteiger partial charge in [-0.05, 0) is 48.9 Å². The molecule has 0 saturated heterocycles. The lowest BCUT2D eigenvalue weighted by Crippen LogP contribution is -2.32. The Morgan fingerprint density at radius 3 is 2.58 bits per heavy atom. The number of hydrogen-bond donors (Lipinski definition) is 2. The molecule has 0 saturated carbocycles. The van der Waals surface area contributed by atoms with E-state index < -0.39 is 6.10 Å². The highest BCUT2D eigenvalue weighted by atomic mass is 19.1. The summed E-state index contributed by atoms with van der Waals surface area (Å²) in [6.07, 6.45) is -0.424. The number of amides is 2. The summed E-state index contributed by atoms with van der Waals surface area (Å²) < 4.78 is 23.9. The molecule has 0 heterocycles. The molecule has 2 rings (SSSR count). The maximum atomic E-state index is 13.3. The van der Waals surface area contributed by atoms with Gasteiger partial charge in [0.05, 0.1) is 12.7 Å². The lowest BCUT2D eigenvalue weighted by Gasteiger charge is -2.17. The first-order chi connectivity index (χ1) is 11.6. The highest BCUT2D eigenvalue weighted by molar-refractivity contribution is 5.89. The number of urea groups is 1. The molecule has 0 bridgehead atoms. The number of carbonyl (C=O) groups is 1. The predicted octanol–water partition coefficient (Wildman–Crippen LogP) is 3.73. The molecule has 0 fully saturated rings. The molecule has 2 N–H and O–H groups in total. The van der Waals surface area contributed by atoms with E-state index in [2.05, 4.69) is 10.6 Å². The van der Waals surface area contributed by atoms with Crippen molar-refractivity contribution in [3.63, 3.8) is 0 Å². The van der Waals surface area contributed by atoms with Crippen molar-refractivity contribution in [2.24, 2.45) is 0 Å². The molecule has 24 heavy (non-hydrogen) atoms. The van der Waals surface area contributed by atoms with Crippen LogP contribution in [-0.4, -0.2) is 26.3 Å². The third-order valence-corrected chi connectivity index (χ3v) is 3.38. The number of hydrogen-bond acceptors (Lipinski definition) is 3. The summed E-state index contributed by atoms with van der Waals surface area (Å²) in [5.41, 5.74) is 1.31. The summed E-state index contributed by atoms with van der Waals surface area (Å²) in [6.45, 7) is 2.72. The van der Waals surface area contributed by atoms with Gasteiger partial charge in [0.15, 0.2) is 0 Å². The summed E-state index contributed by atoms with van der Waals surface area (Å²) in [7, 11) is 1.52. The van der Waals surface area contributed by atoms with Gasteiger partial charge >= 0.3 is 6.03 Å². The van der Waals surface area contributed by atoms with Crippen LogP contribution < -0.4 is 15.4 Å². The number of rotatable bonds is 7. The van der Waals surface area contributed by atoms with Crippen molar-refractivity contribution in [3.8, 4) is 5.75 Å². The van der Waals surface area contributed by atoms with E-state index in [1.165, 1.54) is 19.2 Å². The van der Waals surface area contributed by atoms with Crippen LogP contribution in [0, 0.1) is 5.82 Å². The van der Waals surface area contributed by atoms with E-state index in [0.29, 0.717) is 17.9 Å². The zero-order valence-electron chi connectivity index (χ0n) is 13.7. The summed E-state index contributed by atoms with van der Waals surface area (Å²) in [4.78, 5) is 12.0. The average molecular weight is 332 g/mol. The highest BCUT2D eigenvalue weighted by Crippen LogP contribution is 2.17. The molecule has 1 atom stereocenters. The fraction of sp³-hybridized carbons (Fsp3) is 0.278. The van der Waals surface area contributed by atoms with Crippen molar-refractivity contribution >= 4 is 11.7 Å². The van der Waals surface area contributed by atoms with Crippen molar-refractivity contribution in [3.05, 3.63) is 59.9 Å². The van der Waals surface area contributed by atoms with Crippen molar-refractivity contribution in [2.75, 3.05) is 25.6 Å². The van der Waals surface area contributed by atoms with Crippen LogP contribution in [0.5, 0.6) is 5.75 Å². The fourth-order valence-electron chi connectivity index (χ4n) is 2.21. The van der Waals surface area contributed by atoms with Crippen LogP contribution in [0.15, 0.2) is 48.5 Å². The number of ether oxygens (including phenoxy) is 2. The standard InChI is InChI=1S/C18H21FN2O3/c1-3-24-16-9-7-15(8-10-16)21-18(22)20-12-17(23-2)13-5-4-6-14(19)11-13/h4-11,17H,3,12H2,1-2H3,(H2,20,21,22). The number of halogens is 1. The largest absolute Gasteiger partial charge is 0.494 e. The molecular formula is C18H21FN2O3. The van der Waals surface area contributed by atoms with Gasteiger partial charge in [-0.2, -0.15) is 0 Å². The van der Waals surface area contributed by atoms with E-state index in [1.807, 2.05) is 6.92 Å². The Bertz CT molecular complexity index is 662. The first kappa shape index (κ1) is 17.7. The van der Waals surface area contributed by atoms with Crippen LogP contribution in [0.2, 0.25) is 0 Å². The lowest BCUT2D eigenvalue weighted by atomic mass is 10.1. The molecule has 2 amide bonds. The van der Waals surface area contributed by atoms with Gasteiger partial charge in [-0.15, -0.1) is 0 Å². The fourth-order valence-corrected chi connectivity index (χ4v) is 2.21. The Labute approximate surface area is 140 Å².